The lowest BCUT2D eigenvalue weighted by atomic mass is 10.1. The van der Waals surface area contributed by atoms with Gasteiger partial charge in [0.05, 0.1) is 10.7 Å². The zero-order chi connectivity index (χ0) is 11.4. The SMILES string of the molecule is NCCc1cccc(Cl)c1N1CCSCC1. The summed E-state index contributed by atoms with van der Waals surface area (Å²) in [7, 11) is 0. The van der Waals surface area contributed by atoms with Crippen molar-refractivity contribution in [3.8, 4) is 0 Å². The maximum absolute atomic E-state index is 6.31. The third kappa shape index (κ3) is 2.65. The van der Waals surface area contributed by atoms with Crippen LogP contribution in [-0.2, 0) is 6.42 Å². The van der Waals surface area contributed by atoms with Crippen LogP contribution >= 0.6 is 23.4 Å². The number of hydrogen-bond acceptors (Lipinski definition) is 3. The van der Waals surface area contributed by atoms with Crippen LogP contribution in [0.4, 0.5) is 5.69 Å². The molecular weight excluding hydrogens is 240 g/mol. The average molecular weight is 257 g/mol. The summed E-state index contributed by atoms with van der Waals surface area (Å²) in [6, 6.07) is 6.12. The molecule has 0 unspecified atom stereocenters. The van der Waals surface area contributed by atoms with Gasteiger partial charge in [-0.25, -0.2) is 0 Å². The van der Waals surface area contributed by atoms with E-state index in [1.165, 1.54) is 22.8 Å². The van der Waals surface area contributed by atoms with E-state index in [1.54, 1.807) is 0 Å². The average Bonchev–Trinajstić information content (AvgIpc) is 2.31. The molecule has 1 saturated heterocycles. The molecule has 2 rings (SSSR count). The minimum Gasteiger partial charge on any atom is -0.368 e. The minimum atomic E-state index is 0.677. The Morgan fingerprint density at radius 2 is 2.06 bits per heavy atom. The van der Waals surface area contributed by atoms with Crippen LogP contribution in [0.15, 0.2) is 18.2 Å². The molecule has 0 spiro atoms. The van der Waals surface area contributed by atoms with Gasteiger partial charge in [-0.2, -0.15) is 11.8 Å². The molecular formula is C12H17ClN2S. The van der Waals surface area contributed by atoms with Crippen molar-refractivity contribution in [2.75, 3.05) is 36.0 Å². The van der Waals surface area contributed by atoms with Crippen molar-refractivity contribution in [1.29, 1.82) is 0 Å². The number of nitrogens with zero attached hydrogens (tertiary/aromatic N) is 1. The Labute approximate surface area is 106 Å². The summed E-state index contributed by atoms with van der Waals surface area (Å²) >= 11 is 8.32. The smallest absolute Gasteiger partial charge is 0.0642 e. The third-order valence-corrected chi connectivity index (χ3v) is 4.06. The predicted octanol–water partition coefficient (Wildman–Crippen LogP) is 2.39. The van der Waals surface area contributed by atoms with Crippen LogP contribution in [0.3, 0.4) is 0 Å². The molecule has 0 aliphatic carbocycles. The van der Waals surface area contributed by atoms with Gasteiger partial charge in [0.15, 0.2) is 0 Å². The zero-order valence-corrected chi connectivity index (χ0v) is 10.9. The monoisotopic (exact) mass is 256 g/mol. The topological polar surface area (TPSA) is 29.3 Å². The summed E-state index contributed by atoms with van der Waals surface area (Å²) in [6.07, 6.45) is 0.902. The van der Waals surface area contributed by atoms with Crippen LogP contribution < -0.4 is 10.6 Å². The lowest BCUT2D eigenvalue weighted by Gasteiger charge is -2.31. The first-order chi connectivity index (χ1) is 7.83. The van der Waals surface area contributed by atoms with Crippen molar-refractivity contribution in [3.63, 3.8) is 0 Å². The van der Waals surface area contributed by atoms with E-state index in [0.717, 1.165) is 24.5 Å². The first kappa shape index (κ1) is 12.1. The predicted molar refractivity (Wildman–Crippen MR) is 73.7 cm³/mol. The van der Waals surface area contributed by atoms with Crippen LogP contribution in [0.25, 0.3) is 0 Å². The molecule has 1 aliphatic rings. The Morgan fingerprint density at radius 1 is 1.31 bits per heavy atom. The number of thioether (sulfide) groups is 1. The lowest BCUT2D eigenvalue weighted by molar-refractivity contribution is 0.842. The van der Waals surface area contributed by atoms with Crippen LogP contribution in [0.1, 0.15) is 5.56 Å². The Morgan fingerprint density at radius 3 is 2.75 bits per heavy atom. The molecule has 88 valence electrons. The van der Waals surface area contributed by atoms with E-state index < -0.39 is 0 Å². The number of hydrogen-bond donors (Lipinski definition) is 1. The number of halogens is 1. The highest BCUT2D eigenvalue weighted by Gasteiger charge is 2.16. The fourth-order valence-corrected chi connectivity index (χ4v) is 3.28. The van der Waals surface area contributed by atoms with Gasteiger partial charge in [0.1, 0.15) is 0 Å². The molecule has 0 radical (unpaired) electrons. The number of para-hydroxylation sites is 1. The Bertz CT molecular complexity index is 351. The standard InChI is InChI=1S/C12H17ClN2S/c13-11-3-1-2-10(4-5-14)12(11)15-6-8-16-9-7-15/h1-3H,4-9,14H2. The summed E-state index contributed by atoms with van der Waals surface area (Å²) in [6.45, 7) is 2.86. The fraction of sp³-hybridized carbons (Fsp3) is 0.500. The minimum absolute atomic E-state index is 0.677. The second-order valence-corrected chi connectivity index (χ2v) is 5.52. The van der Waals surface area contributed by atoms with E-state index in [1.807, 2.05) is 23.9 Å². The normalized spacial score (nSPS) is 16.5. The second kappa shape index (κ2) is 5.80. The molecule has 2 nitrogen and oxygen atoms in total. The summed E-state index contributed by atoms with van der Waals surface area (Å²) in [5, 5.41) is 0.859. The summed E-state index contributed by atoms with van der Waals surface area (Å²) in [4.78, 5) is 2.39. The maximum Gasteiger partial charge on any atom is 0.0642 e. The largest absolute Gasteiger partial charge is 0.368 e. The summed E-state index contributed by atoms with van der Waals surface area (Å²) in [5.41, 5.74) is 8.13. The molecule has 1 fully saturated rings. The lowest BCUT2D eigenvalue weighted by Crippen LogP contribution is -2.33. The molecule has 2 N–H and O–H groups in total. The Hall–Kier alpha value is -0.380. The molecule has 1 heterocycles. The zero-order valence-electron chi connectivity index (χ0n) is 9.29. The molecule has 4 heteroatoms. The van der Waals surface area contributed by atoms with Gasteiger partial charge in [-0.3, -0.25) is 0 Å². The molecule has 1 aromatic rings. The molecule has 0 atom stereocenters. The molecule has 0 amide bonds. The summed E-state index contributed by atoms with van der Waals surface area (Å²) in [5.74, 6) is 2.38. The van der Waals surface area contributed by atoms with Crippen LogP contribution in [-0.4, -0.2) is 31.1 Å². The van der Waals surface area contributed by atoms with E-state index in [4.69, 9.17) is 17.3 Å². The summed E-state index contributed by atoms with van der Waals surface area (Å²) < 4.78 is 0. The highest BCUT2D eigenvalue weighted by atomic mass is 35.5. The molecule has 1 aliphatic heterocycles. The van der Waals surface area contributed by atoms with Gasteiger partial charge in [-0.05, 0) is 24.6 Å². The highest BCUT2D eigenvalue weighted by Crippen LogP contribution is 2.31. The maximum atomic E-state index is 6.31. The number of rotatable bonds is 3. The fourth-order valence-electron chi connectivity index (χ4n) is 2.06. The van der Waals surface area contributed by atoms with Gasteiger partial charge in [0, 0.05) is 24.6 Å². The van der Waals surface area contributed by atoms with E-state index in [9.17, 15) is 0 Å². The first-order valence-electron chi connectivity index (χ1n) is 5.63. The van der Waals surface area contributed by atoms with E-state index in [0.29, 0.717) is 6.54 Å². The number of benzene rings is 1. The second-order valence-electron chi connectivity index (χ2n) is 3.89. The van der Waals surface area contributed by atoms with E-state index in [-0.39, 0.29) is 0 Å². The third-order valence-electron chi connectivity index (χ3n) is 2.81. The molecule has 0 saturated carbocycles. The van der Waals surface area contributed by atoms with Crippen molar-refractivity contribution < 1.29 is 0 Å². The van der Waals surface area contributed by atoms with Crippen molar-refractivity contribution in [2.45, 2.75) is 6.42 Å². The molecule has 16 heavy (non-hydrogen) atoms. The van der Waals surface area contributed by atoms with Crippen molar-refractivity contribution >= 4 is 29.1 Å². The highest BCUT2D eigenvalue weighted by molar-refractivity contribution is 7.99. The number of anilines is 1. The van der Waals surface area contributed by atoms with Gasteiger partial charge in [-0.1, -0.05) is 23.7 Å². The van der Waals surface area contributed by atoms with Crippen molar-refractivity contribution in [1.82, 2.24) is 0 Å². The quantitative estimate of drug-likeness (QED) is 0.901. The van der Waals surface area contributed by atoms with E-state index >= 15 is 0 Å². The number of nitrogens with two attached hydrogens (primary N) is 1. The van der Waals surface area contributed by atoms with Gasteiger partial charge in [0.2, 0.25) is 0 Å². The Balaban J connectivity index is 2.28. The Kier molecular flexibility index (Phi) is 4.38. The van der Waals surface area contributed by atoms with Crippen LogP contribution in [0, 0.1) is 0 Å². The molecule has 0 aromatic heterocycles. The first-order valence-corrected chi connectivity index (χ1v) is 7.16. The van der Waals surface area contributed by atoms with Crippen molar-refractivity contribution in [2.24, 2.45) is 5.73 Å². The van der Waals surface area contributed by atoms with Crippen molar-refractivity contribution in [3.05, 3.63) is 28.8 Å². The van der Waals surface area contributed by atoms with Gasteiger partial charge in [0.25, 0.3) is 0 Å². The molecule has 1 aromatic carbocycles. The van der Waals surface area contributed by atoms with Gasteiger partial charge >= 0.3 is 0 Å². The van der Waals surface area contributed by atoms with Gasteiger partial charge < -0.3 is 10.6 Å². The van der Waals surface area contributed by atoms with E-state index in [2.05, 4.69) is 11.0 Å². The van der Waals surface area contributed by atoms with Gasteiger partial charge in [-0.15, -0.1) is 0 Å². The molecule has 0 bridgehead atoms. The van der Waals surface area contributed by atoms with Crippen LogP contribution in [0.5, 0.6) is 0 Å². The van der Waals surface area contributed by atoms with Crippen LogP contribution in [0.2, 0.25) is 5.02 Å².